The first kappa shape index (κ1) is 19.9. The second-order valence-corrected chi connectivity index (χ2v) is 8.44. The predicted molar refractivity (Wildman–Crippen MR) is 130 cm³/mol. The number of benzene rings is 2. The highest BCUT2D eigenvalue weighted by atomic mass is 16.5. The summed E-state index contributed by atoms with van der Waals surface area (Å²) in [5, 5.41) is 16.5. The molecule has 8 nitrogen and oxygen atoms in total. The second kappa shape index (κ2) is 8.63. The third kappa shape index (κ3) is 4.29. The standard InChI is InChI=1S/C25H25N7O/c1-3-18(15-19(4-1)32-11-13-33-14-12-32)28-25-26-10-9-23(30-25)29-22-16-27-31-24-20(17-7-8-17)5-2-6-21(22)24/h1-6,9-10,15-17H,7-8,11-14H2,(H2,26,28,29,30,31). The van der Waals surface area contributed by atoms with Gasteiger partial charge in [0.2, 0.25) is 5.95 Å². The molecule has 1 saturated heterocycles. The fourth-order valence-corrected chi connectivity index (χ4v) is 4.29. The number of nitrogens with zero attached hydrogens (tertiary/aromatic N) is 5. The highest BCUT2D eigenvalue weighted by Crippen LogP contribution is 2.43. The summed E-state index contributed by atoms with van der Waals surface area (Å²) in [6.07, 6.45) is 5.95. The normalized spacial score (nSPS) is 16.1. The zero-order chi connectivity index (χ0) is 22.0. The van der Waals surface area contributed by atoms with E-state index < -0.39 is 0 Å². The Bertz CT molecular complexity index is 1280. The lowest BCUT2D eigenvalue weighted by Crippen LogP contribution is -2.36. The molecule has 1 aliphatic heterocycles. The molecule has 0 atom stereocenters. The maximum Gasteiger partial charge on any atom is 0.229 e. The Labute approximate surface area is 192 Å². The molecule has 1 aliphatic carbocycles. The van der Waals surface area contributed by atoms with E-state index in [1.165, 1.54) is 24.1 Å². The van der Waals surface area contributed by atoms with Crippen LogP contribution in [0, 0.1) is 0 Å². The molecule has 2 aromatic heterocycles. The van der Waals surface area contributed by atoms with Crippen LogP contribution in [0.25, 0.3) is 10.9 Å². The fourth-order valence-electron chi connectivity index (χ4n) is 4.29. The third-order valence-corrected chi connectivity index (χ3v) is 6.12. The molecule has 33 heavy (non-hydrogen) atoms. The number of anilines is 5. The van der Waals surface area contributed by atoms with Crippen molar-refractivity contribution in [3.05, 3.63) is 66.5 Å². The van der Waals surface area contributed by atoms with E-state index in [2.05, 4.69) is 66.0 Å². The molecule has 166 valence electrons. The Morgan fingerprint density at radius 1 is 0.970 bits per heavy atom. The van der Waals surface area contributed by atoms with E-state index in [1.807, 2.05) is 18.2 Å². The average molecular weight is 440 g/mol. The number of aromatic nitrogens is 4. The van der Waals surface area contributed by atoms with Crippen molar-refractivity contribution in [1.29, 1.82) is 0 Å². The van der Waals surface area contributed by atoms with E-state index in [-0.39, 0.29) is 0 Å². The quantitative estimate of drug-likeness (QED) is 0.450. The van der Waals surface area contributed by atoms with E-state index >= 15 is 0 Å². The molecule has 2 aromatic carbocycles. The van der Waals surface area contributed by atoms with Gasteiger partial charge in [-0.15, -0.1) is 0 Å². The van der Waals surface area contributed by atoms with Crippen molar-refractivity contribution in [1.82, 2.24) is 20.2 Å². The van der Waals surface area contributed by atoms with Crippen molar-refractivity contribution < 1.29 is 4.74 Å². The Kier molecular flexibility index (Phi) is 5.20. The van der Waals surface area contributed by atoms with Crippen LogP contribution in [-0.4, -0.2) is 46.5 Å². The van der Waals surface area contributed by atoms with Crippen molar-refractivity contribution >= 4 is 39.7 Å². The van der Waals surface area contributed by atoms with Gasteiger partial charge in [-0.05, 0) is 48.6 Å². The summed E-state index contributed by atoms with van der Waals surface area (Å²) in [6, 6.07) is 16.5. The SMILES string of the molecule is c1cc(Nc2nccc(Nc3cnnc4c(C5CC5)cccc34)n2)cc(N2CCOCC2)c1. The second-order valence-electron chi connectivity index (χ2n) is 8.44. The molecule has 0 bridgehead atoms. The Balaban J connectivity index is 1.23. The van der Waals surface area contributed by atoms with Crippen molar-refractivity contribution in [3.63, 3.8) is 0 Å². The molecule has 8 heteroatoms. The highest BCUT2D eigenvalue weighted by Gasteiger charge is 2.26. The lowest BCUT2D eigenvalue weighted by Gasteiger charge is -2.29. The number of hydrogen-bond acceptors (Lipinski definition) is 8. The minimum Gasteiger partial charge on any atom is -0.378 e. The minimum atomic E-state index is 0.532. The molecular formula is C25H25N7O. The largest absolute Gasteiger partial charge is 0.378 e. The van der Waals surface area contributed by atoms with Crippen molar-refractivity contribution in [2.45, 2.75) is 18.8 Å². The van der Waals surface area contributed by atoms with Gasteiger partial charge in [0.25, 0.3) is 0 Å². The Hall–Kier alpha value is -3.78. The molecule has 0 amide bonds. The molecule has 3 heterocycles. The highest BCUT2D eigenvalue weighted by molar-refractivity contribution is 5.94. The molecule has 2 N–H and O–H groups in total. The van der Waals surface area contributed by atoms with Crippen LogP contribution in [-0.2, 0) is 4.74 Å². The van der Waals surface area contributed by atoms with E-state index in [9.17, 15) is 0 Å². The number of fused-ring (bicyclic) bond motifs is 1. The molecule has 1 saturated carbocycles. The van der Waals surface area contributed by atoms with Gasteiger partial charge in [0.15, 0.2) is 0 Å². The van der Waals surface area contributed by atoms with E-state index in [4.69, 9.17) is 4.74 Å². The fraction of sp³-hybridized carbons (Fsp3) is 0.280. The molecule has 6 rings (SSSR count). The summed E-state index contributed by atoms with van der Waals surface area (Å²) >= 11 is 0. The minimum absolute atomic E-state index is 0.532. The van der Waals surface area contributed by atoms with Gasteiger partial charge in [-0.25, -0.2) is 4.98 Å². The summed E-state index contributed by atoms with van der Waals surface area (Å²) in [6.45, 7) is 3.32. The molecule has 0 radical (unpaired) electrons. The number of hydrogen-bond donors (Lipinski definition) is 2. The zero-order valence-electron chi connectivity index (χ0n) is 18.2. The van der Waals surface area contributed by atoms with Gasteiger partial charge in [0.05, 0.1) is 30.6 Å². The molecule has 2 aliphatic rings. The predicted octanol–water partition coefficient (Wildman–Crippen LogP) is 4.62. The maximum atomic E-state index is 5.46. The van der Waals surface area contributed by atoms with Crippen molar-refractivity contribution in [2.24, 2.45) is 0 Å². The van der Waals surface area contributed by atoms with Crippen LogP contribution < -0.4 is 15.5 Å². The molecule has 0 unspecified atom stereocenters. The van der Waals surface area contributed by atoms with E-state index in [0.717, 1.165) is 48.6 Å². The summed E-state index contributed by atoms with van der Waals surface area (Å²) in [7, 11) is 0. The van der Waals surface area contributed by atoms with Crippen LogP contribution in [0.3, 0.4) is 0 Å². The van der Waals surface area contributed by atoms with Crippen LogP contribution in [0.15, 0.2) is 60.9 Å². The topological polar surface area (TPSA) is 88.1 Å². The third-order valence-electron chi connectivity index (χ3n) is 6.12. The van der Waals surface area contributed by atoms with Crippen LogP contribution in [0.2, 0.25) is 0 Å². The van der Waals surface area contributed by atoms with Gasteiger partial charge in [-0.2, -0.15) is 15.2 Å². The van der Waals surface area contributed by atoms with Gasteiger partial charge < -0.3 is 20.3 Å². The summed E-state index contributed by atoms with van der Waals surface area (Å²) in [5.41, 5.74) is 5.26. The first-order valence-corrected chi connectivity index (χ1v) is 11.4. The number of morpholine rings is 1. The van der Waals surface area contributed by atoms with Gasteiger partial charge in [-0.3, -0.25) is 0 Å². The summed E-state index contributed by atoms with van der Waals surface area (Å²) < 4.78 is 5.46. The Morgan fingerprint density at radius 2 is 1.85 bits per heavy atom. The van der Waals surface area contributed by atoms with Gasteiger partial charge in [0, 0.05) is 36.0 Å². The van der Waals surface area contributed by atoms with Crippen LogP contribution >= 0.6 is 0 Å². The molecular weight excluding hydrogens is 414 g/mol. The smallest absolute Gasteiger partial charge is 0.229 e. The first-order valence-electron chi connectivity index (χ1n) is 11.4. The van der Waals surface area contributed by atoms with Crippen LogP contribution in [0.4, 0.5) is 28.8 Å². The summed E-state index contributed by atoms with van der Waals surface area (Å²) in [5.74, 6) is 1.84. The molecule has 2 fully saturated rings. The lowest BCUT2D eigenvalue weighted by atomic mass is 10.1. The number of rotatable bonds is 6. The zero-order valence-corrected chi connectivity index (χ0v) is 18.2. The lowest BCUT2D eigenvalue weighted by molar-refractivity contribution is 0.122. The van der Waals surface area contributed by atoms with Gasteiger partial charge in [-0.1, -0.05) is 24.3 Å². The molecule has 4 aromatic rings. The first-order chi connectivity index (χ1) is 16.3. The average Bonchev–Trinajstić information content (AvgIpc) is 3.70. The number of nitrogens with one attached hydrogen (secondary N) is 2. The molecule has 0 spiro atoms. The van der Waals surface area contributed by atoms with Crippen LogP contribution in [0.5, 0.6) is 0 Å². The van der Waals surface area contributed by atoms with Crippen LogP contribution in [0.1, 0.15) is 24.3 Å². The van der Waals surface area contributed by atoms with E-state index in [1.54, 1.807) is 12.4 Å². The summed E-state index contributed by atoms with van der Waals surface area (Å²) in [4.78, 5) is 11.4. The van der Waals surface area contributed by atoms with Crippen molar-refractivity contribution in [2.75, 3.05) is 41.8 Å². The van der Waals surface area contributed by atoms with Crippen molar-refractivity contribution in [3.8, 4) is 0 Å². The van der Waals surface area contributed by atoms with Gasteiger partial charge >= 0.3 is 0 Å². The van der Waals surface area contributed by atoms with Gasteiger partial charge in [0.1, 0.15) is 5.82 Å². The Morgan fingerprint density at radius 3 is 2.73 bits per heavy atom. The number of ether oxygens (including phenoxy) is 1. The monoisotopic (exact) mass is 439 g/mol. The van der Waals surface area contributed by atoms with E-state index in [0.29, 0.717) is 17.7 Å². The maximum absolute atomic E-state index is 5.46.